The van der Waals surface area contributed by atoms with E-state index in [2.05, 4.69) is 39.1 Å². The third-order valence-corrected chi connectivity index (χ3v) is 4.01. The van der Waals surface area contributed by atoms with Crippen molar-refractivity contribution in [1.82, 2.24) is 5.32 Å². The molecule has 0 saturated carbocycles. The van der Waals surface area contributed by atoms with Crippen molar-refractivity contribution in [3.05, 3.63) is 33.8 Å². The smallest absolute Gasteiger partial charge is 0.0627 e. The first-order valence-electron chi connectivity index (χ1n) is 6.10. The molecule has 1 rings (SSSR count). The quantitative estimate of drug-likeness (QED) is 0.818. The molecule has 96 valence electrons. The van der Waals surface area contributed by atoms with Crippen LogP contribution in [0, 0.1) is 5.92 Å². The highest BCUT2D eigenvalue weighted by atomic mass is 35.5. The molecular weight excluding hydrogens is 253 g/mol. The molecule has 1 nitrogen and oxygen atoms in total. The average Bonchev–Trinajstić information content (AvgIpc) is 2.28. The fourth-order valence-corrected chi connectivity index (χ4v) is 2.26. The van der Waals surface area contributed by atoms with Crippen molar-refractivity contribution in [2.75, 3.05) is 6.54 Å². The van der Waals surface area contributed by atoms with Crippen molar-refractivity contribution in [3.63, 3.8) is 0 Å². The van der Waals surface area contributed by atoms with Gasteiger partial charge in [0, 0.05) is 6.04 Å². The van der Waals surface area contributed by atoms with Gasteiger partial charge in [-0.25, -0.2) is 0 Å². The molecule has 2 atom stereocenters. The van der Waals surface area contributed by atoms with Crippen molar-refractivity contribution in [3.8, 4) is 0 Å². The molecule has 17 heavy (non-hydrogen) atoms. The zero-order valence-electron chi connectivity index (χ0n) is 10.9. The Balaban J connectivity index is 2.74. The summed E-state index contributed by atoms with van der Waals surface area (Å²) in [6.45, 7) is 9.73. The minimum Gasteiger partial charge on any atom is -0.314 e. The number of halogens is 2. The molecule has 1 aromatic rings. The first-order chi connectivity index (χ1) is 7.93. The van der Waals surface area contributed by atoms with E-state index in [-0.39, 0.29) is 0 Å². The van der Waals surface area contributed by atoms with Crippen molar-refractivity contribution in [2.24, 2.45) is 5.92 Å². The van der Waals surface area contributed by atoms with E-state index in [0.717, 1.165) is 12.1 Å². The normalized spacial score (nSPS) is 15.0. The predicted molar refractivity (Wildman–Crippen MR) is 77.2 cm³/mol. The van der Waals surface area contributed by atoms with Crippen molar-refractivity contribution >= 4 is 23.2 Å². The summed E-state index contributed by atoms with van der Waals surface area (Å²) in [5.41, 5.74) is 1.14. The standard InChI is InChI=1S/C14H21Cl2N/c1-9(2)17-8-10(3)11(4)12-6-5-7-13(15)14(12)16/h5-7,9-11,17H,8H2,1-4H3. The molecule has 0 aliphatic carbocycles. The van der Waals surface area contributed by atoms with Crippen molar-refractivity contribution < 1.29 is 0 Å². The lowest BCUT2D eigenvalue weighted by molar-refractivity contribution is 0.426. The summed E-state index contributed by atoms with van der Waals surface area (Å²) in [6, 6.07) is 6.37. The Bertz CT molecular complexity index is 363. The first kappa shape index (κ1) is 14.8. The van der Waals surface area contributed by atoms with Crippen molar-refractivity contribution in [2.45, 2.75) is 39.7 Å². The molecule has 0 bridgehead atoms. The van der Waals surface area contributed by atoms with Gasteiger partial charge in [0.25, 0.3) is 0 Å². The molecule has 0 amide bonds. The van der Waals surface area contributed by atoms with E-state index in [1.165, 1.54) is 0 Å². The van der Waals surface area contributed by atoms with Crippen LogP contribution in [0.4, 0.5) is 0 Å². The number of hydrogen-bond donors (Lipinski definition) is 1. The van der Waals surface area contributed by atoms with Gasteiger partial charge in [-0.2, -0.15) is 0 Å². The van der Waals surface area contributed by atoms with E-state index in [9.17, 15) is 0 Å². The third kappa shape index (κ3) is 4.17. The Morgan fingerprint density at radius 1 is 1.12 bits per heavy atom. The van der Waals surface area contributed by atoms with Crippen LogP contribution in [0.25, 0.3) is 0 Å². The van der Waals surface area contributed by atoms with Gasteiger partial charge in [-0.15, -0.1) is 0 Å². The molecule has 0 aliphatic rings. The largest absolute Gasteiger partial charge is 0.314 e. The highest BCUT2D eigenvalue weighted by Crippen LogP contribution is 2.34. The van der Waals surface area contributed by atoms with Gasteiger partial charge in [-0.05, 0) is 30.0 Å². The van der Waals surface area contributed by atoms with Gasteiger partial charge in [-0.1, -0.05) is 63.0 Å². The third-order valence-electron chi connectivity index (χ3n) is 3.17. The van der Waals surface area contributed by atoms with Crippen molar-refractivity contribution in [1.29, 1.82) is 0 Å². The lowest BCUT2D eigenvalue weighted by Gasteiger charge is -2.23. The van der Waals surface area contributed by atoms with Crippen LogP contribution >= 0.6 is 23.2 Å². The van der Waals surface area contributed by atoms with Crippen LogP contribution in [0.15, 0.2) is 18.2 Å². The van der Waals surface area contributed by atoms with Gasteiger partial charge in [0.1, 0.15) is 0 Å². The van der Waals surface area contributed by atoms with Gasteiger partial charge in [0.05, 0.1) is 10.0 Å². The van der Waals surface area contributed by atoms with Crippen LogP contribution in [0.1, 0.15) is 39.2 Å². The molecule has 3 heteroatoms. The summed E-state index contributed by atoms with van der Waals surface area (Å²) < 4.78 is 0. The molecule has 2 unspecified atom stereocenters. The second kappa shape index (κ2) is 6.63. The summed E-state index contributed by atoms with van der Waals surface area (Å²) in [5, 5.41) is 4.79. The Hall–Kier alpha value is -0.240. The molecule has 1 aromatic carbocycles. The van der Waals surface area contributed by atoms with Crippen LogP contribution in [-0.4, -0.2) is 12.6 Å². The summed E-state index contributed by atoms with van der Waals surface area (Å²) in [7, 11) is 0. The number of benzene rings is 1. The van der Waals surface area contributed by atoms with Crippen LogP contribution < -0.4 is 5.32 Å². The molecule has 0 heterocycles. The second-order valence-electron chi connectivity index (χ2n) is 4.97. The lowest BCUT2D eigenvalue weighted by Crippen LogP contribution is -2.29. The van der Waals surface area contributed by atoms with Gasteiger partial charge < -0.3 is 5.32 Å². The average molecular weight is 274 g/mol. The molecule has 0 aliphatic heterocycles. The van der Waals surface area contributed by atoms with Crippen LogP contribution in [0.5, 0.6) is 0 Å². The molecular formula is C14H21Cl2N. The minimum absolute atomic E-state index is 0.396. The SMILES string of the molecule is CC(C)NCC(C)C(C)c1cccc(Cl)c1Cl. The predicted octanol–water partition coefficient (Wildman–Crippen LogP) is 4.73. The summed E-state index contributed by atoms with van der Waals surface area (Å²) in [5.74, 6) is 0.917. The first-order valence-corrected chi connectivity index (χ1v) is 6.86. The maximum absolute atomic E-state index is 6.24. The zero-order valence-corrected chi connectivity index (χ0v) is 12.4. The highest BCUT2D eigenvalue weighted by Gasteiger charge is 2.18. The molecule has 0 spiro atoms. The number of rotatable bonds is 5. The Morgan fingerprint density at radius 3 is 2.35 bits per heavy atom. The highest BCUT2D eigenvalue weighted by molar-refractivity contribution is 6.42. The van der Waals surface area contributed by atoms with E-state index in [4.69, 9.17) is 23.2 Å². The topological polar surface area (TPSA) is 12.0 Å². The summed E-state index contributed by atoms with van der Waals surface area (Å²) in [6.07, 6.45) is 0. The molecule has 1 N–H and O–H groups in total. The van der Waals surface area contributed by atoms with Gasteiger partial charge in [0.2, 0.25) is 0 Å². The van der Waals surface area contributed by atoms with Crippen LogP contribution in [-0.2, 0) is 0 Å². The van der Waals surface area contributed by atoms with E-state index in [1.54, 1.807) is 0 Å². The molecule has 0 aromatic heterocycles. The monoisotopic (exact) mass is 273 g/mol. The Labute approximate surface area is 115 Å². The summed E-state index contributed by atoms with van der Waals surface area (Å²) in [4.78, 5) is 0. The van der Waals surface area contributed by atoms with Gasteiger partial charge in [0.15, 0.2) is 0 Å². The van der Waals surface area contributed by atoms with E-state index in [0.29, 0.717) is 27.9 Å². The number of nitrogens with one attached hydrogen (secondary N) is 1. The summed E-state index contributed by atoms with van der Waals surface area (Å²) >= 11 is 12.3. The minimum atomic E-state index is 0.396. The lowest BCUT2D eigenvalue weighted by atomic mass is 9.88. The Morgan fingerprint density at radius 2 is 1.76 bits per heavy atom. The molecule has 0 saturated heterocycles. The Kier molecular flexibility index (Phi) is 5.78. The molecule has 0 fully saturated rings. The maximum Gasteiger partial charge on any atom is 0.0627 e. The van der Waals surface area contributed by atoms with Gasteiger partial charge in [-0.3, -0.25) is 0 Å². The van der Waals surface area contributed by atoms with E-state index < -0.39 is 0 Å². The maximum atomic E-state index is 6.24. The fraction of sp³-hybridized carbons (Fsp3) is 0.571. The zero-order chi connectivity index (χ0) is 13.0. The van der Waals surface area contributed by atoms with E-state index in [1.807, 2.05) is 12.1 Å². The molecule has 0 radical (unpaired) electrons. The number of hydrogen-bond acceptors (Lipinski definition) is 1. The van der Waals surface area contributed by atoms with Crippen LogP contribution in [0.2, 0.25) is 10.0 Å². The second-order valence-corrected chi connectivity index (χ2v) is 5.76. The fourth-order valence-electron chi connectivity index (χ4n) is 1.78. The van der Waals surface area contributed by atoms with Crippen LogP contribution in [0.3, 0.4) is 0 Å². The van der Waals surface area contributed by atoms with Gasteiger partial charge >= 0.3 is 0 Å². The van der Waals surface area contributed by atoms with E-state index >= 15 is 0 Å².